The van der Waals surface area contributed by atoms with Gasteiger partial charge in [0.05, 0.1) is 6.61 Å². The lowest BCUT2D eigenvalue weighted by Crippen LogP contribution is -2.51. The molecular formula is C19H22O5. The number of aromatic hydroxyl groups is 1. The van der Waals surface area contributed by atoms with E-state index in [1.165, 1.54) is 31.2 Å². The second-order valence-corrected chi connectivity index (χ2v) is 5.95. The van der Waals surface area contributed by atoms with Crippen molar-refractivity contribution in [2.45, 2.75) is 39.1 Å². The van der Waals surface area contributed by atoms with Crippen LogP contribution in [0.3, 0.4) is 0 Å². The predicted octanol–water partition coefficient (Wildman–Crippen LogP) is 3.53. The molecule has 0 aliphatic heterocycles. The standard InChI is InChI=1S/C19H22O5/c1-13-4-6-15(7-5-13)12-23-14(2)19(3,18(21)22)24-17-10-8-16(20)9-11-17/h4-11,14,20H,12H2,1-3H3,(H,21,22). The smallest absolute Gasteiger partial charge is 0.350 e. The number of phenolic OH excluding ortho intramolecular Hbond substituents is 1. The third-order valence-electron chi connectivity index (χ3n) is 3.99. The van der Waals surface area contributed by atoms with Crippen molar-refractivity contribution in [2.24, 2.45) is 0 Å². The van der Waals surface area contributed by atoms with Crippen LogP contribution in [0.5, 0.6) is 11.5 Å². The first-order chi connectivity index (χ1) is 11.3. The molecular weight excluding hydrogens is 308 g/mol. The first kappa shape index (κ1) is 17.8. The number of benzene rings is 2. The second-order valence-electron chi connectivity index (χ2n) is 5.95. The van der Waals surface area contributed by atoms with Crippen LogP contribution in [0.15, 0.2) is 48.5 Å². The van der Waals surface area contributed by atoms with Gasteiger partial charge in [0.15, 0.2) is 0 Å². The van der Waals surface area contributed by atoms with Crippen molar-refractivity contribution in [3.8, 4) is 11.5 Å². The molecule has 2 aromatic rings. The van der Waals surface area contributed by atoms with E-state index in [0.717, 1.165) is 11.1 Å². The fourth-order valence-electron chi connectivity index (χ4n) is 2.12. The second kappa shape index (κ2) is 7.36. The van der Waals surface area contributed by atoms with Crippen molar-refractivity contribution in [1.29, 1.82) is 0 Å². The fraction of sp³-hybridized carbons (Fsp3) is 0.316. The van der Waals surface area contributed by atoms with Crippen molar-refractivity contribution in [2.75, 3.05) is 0 Å². The van der Waals surface area contributed by atoms with E-state index in [1.807, 2.05) is 31.2 Å². The molecule has 0 saturated carbocycles. The van der Waals surface area contributed by atoms with Crippen molar-refractivity contribution in [3.05, 3.63) is 59.7 Å². The number of carboxylic acids is 1. The Labute approximate surface area is 141 Å². The van der Waals surface area contributed by atoms with E-state index in [9.17, 15) is 15.0 Å². The molecule has 0 aliphatic rings. The summed E-state index contributed by atoms with van der Waals surface area (Å²) in [5, 5.41) is 18.9. The van der Waals surface area contributed by atoms with E-state index in [1.54, 1.807) is 6.92 Å². The zero-order chi connectivity index (χ0) is 17.7. The van der Waals surface area contributed by atoms with Crippen molar-refractivity contribution in [3.63, 3.8) is 0 Å². The van der Waals surface area contributed by atoms with Gasteiger partial charge in [0.2, 0.25) is 5.60 Å². The van der Waals surface area contributed by atoms with E-state index < -0.39 is 17.7 Å². The molecule has 24 heavy (non-hydrogen) atoms. The molecule has 0 aliphatic carbocycles. The average molecular weight is 330 g/mol. The quantitative estimate of drug-likeness (QED) is 0.812. The molecule has 0 aromatic heterocycles. The Hall–Kier alpha value is -2.53. The van der Waals surface area contributed by atoms with Crippen LogP contribution < -0.4 is 4.74 Å². The number of carboxylic acid groups (broad SMARTS) is 1. The molecule has 0 heterocycles. The van der Waals surface area contributed by atoms with Gasteiger partial charge in [0.1, 0.15) is 17.6 Å². The minimum atomic E-state index is -1.55. The van der Waals surface area contributed by atoms with Gasteiger partial charge in [-0.3, -0.25) is 0 Å². The highest BCUT2D eigenvalue weighted by Crippen LogP contribution is 2.26. The average Bonchev–Trinajstić information content (AvgIpc) is 2.56. The molecule has 0 fully saturated rings. The largest absolute Gasteiger partial charge is 0.508 e. The minimum absolute atomic E-state index is 0.0862. The molecule has 5 nitrogen and oxygen atoms in total. The molecule has 0 bridgehead atoms. The molecule has 2 unspecified atom stereocenters. The maximum absolute atomic E-state index is 11.7. The topological polar surface area (TPSA) is 76.0 Å². The van der Waals surface area contributed by atoms with Crippen LogP contribution in [-0.4, -0.2) is 27.9 Å². The zero-order valence-electron chi connectivity index (χ0n) is 14.0. The van der Waals surface area contributed by atoms with Gasteiger partial charge in [-0.05, 0) is 50.6 Å². The van der Waals surface area contributed by atoms with Crippen LogP contribution in [0.25, 0.3) is 0 Å². The molecule has 2 rings (SSSR count). The maximum Gasteiger partial charge on any atom is 0.350 e. The fourth-order valence-corrected chi connectivity index (χ4v) is 2.12. The Balaban J connectivity index is 2.08. The lowest BCUT2D eigenvalue weighted by atomic mass is 10.00. The number of aliphatic carboxylic acids is 1. The van der Waals surface area contributed by atoms with E-state index in [4.69, 9.17) is 9.47 Å². The lowest BCUT2D eigenvalue weighted by Gasteiger charge is -2.32. The monoisotopic (exact) mass is 330 g/mol. The summed E-state index contributed by atoms with van der Waals surface area (Å²) >= 11 is 0. The highest BCUT2D eigenvalue weighted by atomic mass is 16.6. The van der Waals surface area contributed by atoms with Gasteiger partial charge in [0, 0.05) is 0 Å². The molecule has 2 aromatic carbocycles. The van der Waals surface area contributed by atoms with Crippen molar-refractivity contribution in [1.82, 2.24) is 0 Å². The molecule has 5 heteroatoms. The summed E-state index contributed by atoms with van der Waals surface area (Å²) in [5.41, 5.74) is 0.560. The number of rotatable bonds is 7. The van der Waals surface area contributed by atoms with Gasteiger partial charge < -0.3 is 19.7 Å². The maximum atomic E-state index is 11.7. The van der Waals surface area contributed by atoms with Crippen LogP contribution in [-0.2, 0) is 16.1 Å². The molecule has 2 atom stereocenters. The Morgan fingerprint density at radius 2 is 1.71 bits per heavy atom. The van der Waals surface area contributed by atoms with Gasteiger partial charge in [-0.1, -0.05) is 29.8 Å². The Morgan fingerprint density at radius 1 is 1.12 bits per heavy atom. The number of phenols is 1. The normalized spacial score (nSPS) is 14.6. The number of hydrogen-bond acceptors (Lipinski definition) is 4. The van der Waals surface area contributed by atoms with E-state index >= 15 is 0 Å². The Kier molecular flexibility index (Phi) is 5.46. The number of carbonyl (C=O) groups is 1. The van der Waals surface area contributed by atoms with Crippen LogP contribution >= 0.6 is 0 Å². The summed E-state index contributed by atoms with van der Waals surface area (Å²) in [6.07, 6.45) is -0.690. The highest BCUT2D eigenvalue weighted by Gasteiger charge is 2.42. The SMILES string of the molecule is Cc1ccc(COC(C)C(C)(Oc2ccc(O)cc2)C(=O)O)cc1. The summed E-state index contributed by atoms with van der Waals surface area (Å²) in [7, 11) is 0. The summed E-state index contributed by atoms with van der Waals surface area (Å²) < 4.78 is 11.4. The predicted molar refractivity (Wildman–Crippen MR) is 90.2 cm³/mol. The summed E-state index contributed by atoms with van der Waals surface area (Å²) in [6.45, 7) is 5.44. The van der Waals surface area contributed by atoms with Crippen LogP contribution in [0, 0.1) is 6.92 Å². The first-order valence-electron chi connectivity index (χ1n) is 7.70. The molecule has 2 N–H and O–H groups in total. The van der Waals surface area contributed by atoms with Crippen LogP contribution in [0.4, 0.5) is 0 Å². The third kappa shape index (κ3) is 4.26. The van der Waals surface area contributed by atoms with Gasteiger partial charge in [-0.2, -0.15) is 0 Å². The van der Waals surface area contributed by atoms with E-state index in [0.29, 0.717) is 12.4 Å². The number of hydrogen-bond donors (Lipinski definition) is 2. The van der Waals surface area contributed by atoms with Gasteiger partial charge >= 0.3 is 5.97 Å². The highest BCUT2D eigenvalue weighted by molar-refractivity contribution is 5.78. The van der Waals surface area contributed by atoms with Gasteiger partial charge in [-0.15, -0.1) is 0 Å². The zero-order valence-corrected chi connectivity index (χ0v) is 14.0. The summed E-state index contributed by atoms with van der Waals surface area (Å²) in [5.74, 6) is -0.682. The van der Waals surface area contributed by atoms with E-state index in [2.05, 4.69) is 0 Å². The number of ether oxygens (including phenoxy) is 2. The number of aryl methyl sites for hydroxylation is 1. The van der Waals surface area contributed by atoms with Gasteiger partial charge in [0.25, 0.3) is 0 Å². The lowest BCUT2D eigenvalue weighted by molar-refractivity contribution is -0.168. The molecule has 0 radical (unpaired) electrons. The molecule has 0 amide bonds. The summed E-state index contributed by atoms with van der Waals surface area (Å²) in [4.78, 5) is 11.7. The van der Waals surface area contributed by atoms with Crippen LogP contribution in [0.2, 0.25) is 0 Å². The minimum Gasteiger partial charge on any atom is -0.508 e. The first-order valence-corrected chi connectivity index (χ1v) is 7.70. The third-order valence-corrected chi connectivity index (χ3v) is 3.99. The Morgan fingerprint density at radius 3 is 2.25 bits per heavy atom. The van der Waals surface area contributed by atoms with Gasteiger partial charge in [-0.25, -0.2) is 4.79 Å². The summed E-state index contributed by atoms with van der Waals surface area (Å²) in [6, 6.07) is 13.8. The molecule has 0 spiro atoms. The van der Waals surface area contributed by atoms with E-state index in [-0.39, 0.29) is 5.75 Å². The van der Waals surface area contributed by atoms with Crippen molar-refractivity contribution < 1.29 is 24.5 Å². The van der Waals surface area contributed by atoms with Crippen molar-refractivity contribution >= 4 is 5.97 Å². The van der Waals surface area contributed by atoms with Crippen LogP contribution in [0.1, 0.15) is 25.0 Å². The Bertz CT molecular complexity index is 678. The molecule has 0 saturated heterocycles. The molecule has 128 valence electrons.